The second-order valence-corrected chi connectivity index (χ2v) is 5.86. The van der Waals surface area contributed by atoms with Gasteiger partial charge in [-0.3, -0.25) is 14.5 Å². The van der Waals surface area contributed by atoms with E-state index in [0.717, 1.165) is 25.9 Å². The average Bonchev–Trinajstić information content (AvgIpc) is 2.58. The Labute approximate surface area is 135 Å². The summed E-state index contributed by atoms with van der Waals surface area (Å²) in [7, 11) is 1.74. The van der Waals surface area contributed by atoms with Crippen molar-refractivity contribution in [3.8, 4) is 5.75 Å². The minimum Gasteiger partial charge on any atom is -0.480 e. The average molecular weight is 319 g/mol. The Morgan fingerprint density at radius 3 is 3.13 bits per heavy atom. The van der Waals surface area contributed by atoms with Crippen molar-refractivity contribution in [1.82, 2.24) is 9.88 Å². The first-order valence-electron chi connectivity index (χ1n) is 7.89. The third-order valence-corrected chi connectivity index (χ3v) is 4.13. The lowest BCUT2D eigenvalue weighted by Crippen LogP contribution is -2.47. The highest BCUT2D eigenvalue weighted by Crippen LogP contribution is 2.28. The molecule has 0 aliphatic carbocycles. The first-order valence-corrected chi connectivity index (χ1v) is 7.89. The van der Waals surface area contributed by atoms with Gasteiger partial charge in [-0.05, 0) is 31.4 Å². The Kier molecular flexibility index (Phi) is 4.76. The zero-order valence-electron chi connectivity index (χ0n) is 13.2. The number of carbonyl (C=O) groups excluding carboxylic acids is 2. The maximum absolute atomic E-state index is 12.4. The number of ether oxygens (including phenoxy) is 2. The molecule has 7 heteroatoms. The third-order valence-electron chi connectivity index (χ3n) is 4.13. The highest BCUT2D eigenvalue weighted by Gasteiger charge is 2.29. The molecule has 0 N–H and O–H groups in total. The standard InChI is InChI=1S/C16H21N3O4/c1-18(9-12-5-2-3-8-22-12)14(20)10-19-15(21)11-23-13-6-4-7-17-16(13)19/h4,6-7,12H,2-3,5,8-11H2,1H3/t12-/m0/s1. The lowest BCUT2D eigenvalue weighted by Gasteiger charge is -2.31. The van der Waals surface area contributed by atoms with Gasteiger partial charge >= 0.3 is 0 Å². The SMILES string of the molecule is CN(C[C@@H]1CCCCO1)C(=O)CN1C(=O)COc2cccnc21. The Balaban J connectivity index is 1.63. The molecule has 0 aromatic carbocycles. The van der Waals surface area contributed by atoms with Crippen molar-refractivity contribution >= 4 is 17.6 Å². The summed E-state index contributed by atoms with van der Waals surface area (Å²) in [4.78, 5) is 31.7. The number of aromatic nitrogens is 1. The van der Waals surface area contributed by atoms with Crippen LogP contribution in [0.3, 0.4) is 0 Å². The molecular formula is C16H21N3O4. The summed E-state index contributed by atoms with van der Waals surface area (Å²) in [5.41, 5.74) is 0. The number of rotatable bonds is 4. The van der Waals surface area contributed by atoms with Crippen LogP contribution >= 0.6 is 0 Å². The molecule has 1 saturated heterocycles. The summed E-state index contributed by atoms with van der Waals surface area (Å²) in [5, 5.41) is 0. The largest absolute Gasteiger partial charge is 0.480 e. The Hall–Kier alpha value is -2.15. The predicted molar refractivity (Wildman–Crippen MR) is 83.3 cm³/mol. The van der Waals surface area contributed by atoms with E-state index in [2.05, 4.69) is 4.98 Å². The van der Waals surface area contributed by atoms with Gasteiger partial charge in [-0.25, -0.2) is 4.98 Å². The third kappa shape index (κ3) is 3.61. The molecule has 0 saturated carbocycles. The van der Waals surface area contributed by atoms with Gasteiger partial charge in [0.1, 0.15) is 6.54 Å². The van der Waals surface area contributed by atoms with Gasteiger partial charge in [0, 0.05) is 26.4 Å². The van der Waals surface area contributed by atoms with Crippen LogP contribution in [-0.4, -0.2) is 61.2 Å². The number of hydrogen-bond acceptors (Lipinski definition) is 5. The molecule has 2 aliphatic heterocycles. The number of nitrogens with zero attached hydrogens (tertiary/aromatic N) is 3. The number of likely N-dealkylation sites (N-methyl/N-ethyl adjacent to an activating group) is 1. The van der Waals surface area contributed by atoms with Crippen LogP contribution in [0, 0.1) is 0 Å². The summed E-state index contributed by atoms with van der Waals surface area (Å²) in [6.07, 6.45) is 4.85. The molecule has 0 unspecified atom stereocenters. The van der Waals surface area contributed by atoms with Crippen LogP contribution in [0.1, 0.15) is 19.3 Å². The van der Waals surface area contributed by atoms with Crippen molar-refractivity contribution in [2.45, 2.75) is 25.4 Å². The molecule has 3 heterocycles. The first kappa shape index (κ1) is 15.7. The van der Waals surface area contributed by atoms with E-state index in [1.165, 1.54) is 4.90 Å². The van der Waals surface area contributed by atoms with Crippen LogP contribution in [0.5, 0.6) is 5.75 Å². The van der Waals surface area contributed by atoms with Crippen LogP contribution in [0.25, 0.3) is 0 Å². The quantitative estimate of drug-likeness (QED) is 0.822. The fraction of sp³-hybridized carbons (Fsp3) is 0.562. The van der Waals surface area contributed by atoms with E-state index >= 15 is 0 Å². The number of amides is 2. The second-order valence-electron chi connectivity index (χ2n) is 5.86. The number of anilines is 1. The number of pyridine rings is 1. The molecule has 0 radical (unpaired) electrons. The van der Waals surface area contributed by atoms with E-state index in [4.69, 9.17) is 9.47 Å². The van der Waals surface area contributed by atoms with Crippen LogP contribution in [-0.2, 0) is 14.3 Å². The van der Waals surface area contributed by atoms with E-state index in [1.54, 1.807) is 30.3 Å². The molecule has 0 bridgehead atoms. The summed E-state index contributed by atoms with van der Waals surface area (Å²) < 4.78 is 11.0. The maximum atomic E-state index is 12.4. The van der Waals surface area contributed by atoms with Crippen LogP contribution in [0.15, 0.2) is 18.3 Å². The minimum atomic E-state index is -0.258. The molecule has 1 aromatic rings. The summed E-state index contributed by atoms with van der Waals surface area (Å²) in [5.74, 6) is 0.537. The Bertz CT molecular complexity index is 586. The fourth-order valence-corrected chi connectivity index (χ4v) is 2.81. The van der Waals surface area contributed by atoms with Crippen molar-refractivity contribution in [2.75, 3.05) is 38.3 Å². The predicted octanol–water partition coefficient (Wildman–Crippen LogP) is 0.834. The Morgan fingerprint density at radius 2 is 2.35 bits per heavy atom. The lowest BCUT2D eigenvalue weighted by atomic mass is 10.1. The zero-order valence-corrected chi connectivity index (χ0v) is 13.2. The van der Waals surface area contributed by atoms with Crippen molar-refractivity contribution in [3.05, 3.63) is 18.3 Å². The maximum Gasteiger partial charge on any atom is 0.266 e. The van der Waals surface area contributed by atoms with Gasteiger partial charge in [-0.15, -0.1) is 0 Å². The van der Waals surface area contributed by atoms with Crippen molar-refractivity contribution in [1.29, 1.82) is 0 Å². The fourth-order valence-electron chi connectivity index (χ4n) is 2.81. The topological polar surface area (TPSA) is 72.0 Å². The van der Waals surface area contributed by atoms with Crippen molar-refractivity contribution in [2.24, 2.45) is 0 Å². The molecule has 124 valence electrons. The van der Waals surface area contributed by atoms with Gasteiger partial charge in [0.15, 0.2) is 18.2 Å². The minimum absolute atomic E-state index is 0.0323. The highest BCUT2D eigenvalue weighted by molar-refractivity contribution is 6.01. The summed E-state index contributed by atoms with van der Waals surface area (Å²) >= 11 is 0. The van der Waals surface area contributed by atoms with Gasteiger partial charge in [-0.2, -0.15) is 0 Å². The molecule has 1 aromatic heterocycles. The number of hydrogen-bond donors (Lipinski definition) is 0. The normalized spacial score (nSPS) is 20.7. The van der Waals surface area contributed by atoms with E-state index in [0.29, 0.717) is 18.1 Å². The molecule has 2 amide bonds. The van der Waals surface area contributed by atoms with Crippen molar-refractivity contribution in [3.63, 3.8) is 0 Å². The molecule has 0 spiro atoms. The molecule has 1 atom stereocenters. The number of fused-ring (bicyclic) bond motifs is 1. The van der Waals surface area contributed by atoms with Gasteiger partial charge < -0.3 is 14.4 Å². The smallest absolute Gasteiger partial charge is 0.266 e. The van der Waals surface area contributed by atoms with Gasteiger partial charge in [0.2, 0.25) is 5.91 Å². The molecule has 3 rings (SSSR count). The molecular weight excluding hydrogens is 298 g/mol. The van der Waals surface area contributed by atoms with Crippen LogP contribution in [0.2, 0.25) is 0 Å². The monoisotopic (exact) mass is 319 g/mol. The highest BCUT2D eigenvalue weighted by atomic mass is 16.5. The summed E-state index contributed by atoms with van der Waals surface area (Å²) in [6, 6.07) is 3.48. The number of carbonyl (C=O) groups is 2. The van der Waals surface area contributed by atoms with Crippen molar-refractivity contribution < 1.29 is 19.1 Å². The molecule has 7 nitrogen and oxygen atoms in total. The molecule has 1 fully saturated rings. The Morgan fingerprint density at radius 1 is 1.48 bits per heavy atom. The van der Waals surface area contributed by atoms with E-state index in [9.17, 15) is 9.59 Å². The van der Waals surface area contributed by atoms with Crippen LogP contribution < -0.4 is 9.64 Å². The molecule has 2 aliphatic rings. The molecule has 23 heavy (non-hydrogen) atoms. The summed E-state index contributed by atoms with van der Waals surface area (Å²) in [6.45, 7) is 1.20. The van der Waals surface area contributed by atoms with Gasteiger partial charge in [0.25, 0.3) is 5.91 Å². The van der Waals surface area contributed by atoms with Gasteiger partial charge in [-0.1, -0.05) is 0 Å². The lowest BCUT2D eigenvalue weighted by molar-refractivity contribution is -0.132. The van der Waals surface area contributed by atoms with Crippen LogP contribution in [0.4, 0.5) is 5.82 Å². The van der Waals surface area contributed by atoms with E-state index < -0.39 is 0 Å². The second kappa shape index (κ2) is 6.95. The first-order chi connectivity index (χ1) is 11.1. The van der Waals surface area contributed by atoms with E-state index in [1.807, 2.05) is 0 Å². The zero-order chi connectivity index (χ0) is 16.2. The van der Waals surface area contributed by atoms with E-state index in [-0.39, 0.29) is 31.1 Å². The van der Waals surface area contributed by atoms with Gasteiger partial charge in [0.05, 0.1) is 6.10 Å².